The van der Waals surface area contributed by atoms with Crippen LogP contribution in [0.15, 0.2) is 24.2 Å². The topological polar surface area (TPSA) is 50.7 Å². The Labute approximate surface area is 125 Å². The van der Waals surface area contributed by atoms with E-state index in [1.165, 1.54) is 7.11 Å². The van der Waals surface area contributed by atoms with Crippen LogP contribution >= 0.6 is 0 Å². The zero-order chi connectivity index (χ0) is 20.2. The molecule has 0 heterocycles. The van der Waals surface area contributed by atoms with E-state index in [-0.39, 0.29) is 17.4 Å². The molecule has 108 valence electrons. The number of hydrogen-bond acceptors (Lipinski definition) is 4. The summed E-state index contributed by atoms with van der Waals surface area (Å²) in [4.78, 5) is 0. The number of aliphatic hydroxyl groups excluding tert-OH is 1. The highest BCUT2D eigenvalue weighted by atomic mass is 16.5. The van der Waals surface area contributed by atoms with Gasteiger partial charge in [0.1, 0.15) is 18.5 Å². The summed E-state index contributed by atoms with van der Waals surface area (Å²) in [7, 11) is 1.22. The lowest BCUT2D eigenvalue weighted by Gasteiger charge is -2.15. The van der Waals surface area contributed by atoms with E-state index >= 15 is 0 Å². The number of hydrogen-bond donors (Lipinski definition) is 2. The molecule has 4 atom stereocenters. The molecule has 0 fully saturated rings. The van der Waals surface area contributed by atoms with E-state index in [1.54, 1.807) is 0 Å². The van der Waals surface area contributed by atoms with Gasteiger partial charge in [-0.25, -0.2) is 0 Å². The molecule has 0 aliphatic carbocycles. The van der Waals surface area contributed by atoms with Crippen molar-refractivity contribution in [3.8, 4) is 5.75 Å². The van der Waals surface area contributed by atoms with Crippen molar-refractivity contribution >= 4 is 0 Å². The van der Waals surface area contributed by atoms with Crippen molar-refractivity contribution in [3.05, 3.63) is 29.7 Å². The molecule has 0 saturated heterocycles. The normalized spacial score (nSPS) is 22.9. The van der Waals surface area contributed by atoms with Crippen molar-refractivity contribution < 1.29 is 24.2 Å². The molecule has 4 unspecified atom stereocenters. The quantitative estimate of drug-likeness (QED) is 0.718. The predicted octanol–water partition coefficient (Wildman–Crippen LogP) is 1.61. The summed E-state index contributed by atoms with van der Waals surface area (Å²) in [6.45, 7) is 0.835. The van der Waals surface area contributed by atoms with Gasteiger partial charge >= 0.3 is 0 Å². The first-order valence-corrected chi connectivity index (χ1v) is 5.99. The second-order valence-corrected chi connectivity index (χ2v) is 4.15. The molecule has 0 spiro atoms. The maximum atomic E-state index is 9.93. The van der Waals surface area contributed by atoms with Crippen molar-refractivity contribution in [2.45, 2.75) is 32.4 Å². The number of rotatable bonds is 9. The molecule has 1 rings (SSSR count). The van der Waals surface area contributed by atoms with E-state index in [0.29, 0.717) is 0 Å². The molecule has 0 radical (unpaired) electrons. The third-order valence-electron chi connectivity index (χ3n) is 2.01. The lowest BCUT2D eigenvalue weighted by Crippen LogP contribution is -2.35. The van der Waals surface area contributed by atoms with Gasteiger partial charge in [-0.3, -0.25) is 0 Å². The van der Waals surface area contributed by atoms with Gasteiger partial charge in [0.15, 0.2) is 0 Å². The summed E-state index contributed by atoms with van der Waals surface area (Å²) >= 11 is 0. The Morgan fingerprint density at radius 3 is 2.63 bits per heavy atom. The Kier molecular flexibility index (Phi) is 3.87. The monoisotopic (exact) mass is 274 g/mol. The van der Waals surface area contributed by atoms with Crippen LogP contribution in [0.4, 0.5) is 0 Å². The Balaban J connectivity index is 3.08. The number of methoxy groups -OCH3 is 1. The fraction of sp³-hybridized carbons (Fsp3) is 0.600. The largest absolute Gasteiger partial charge is 0.491 e. The van der Waals surface area contributed by atoms with Crippen molar-refractivity contribution in [2.75, 3.05) is 26.8 Å². The molecule has 0 bridgehead atoms. The minimum Gasteiger partial charge on any atom is -0.491 e. The Morgan fingerprint density at radius 2 is 2.05 bits per heavy atom. The summed E-state index contributed by atoms with van der Waals surface area (Å²) < 4.78 is 65.2. The predicted molar refractivity (Wildman–Crippen MR) is 76.7 cm³/mol. The van der Waals surface area contributed by atoms with E-state index in [1.807, 2.05) is 13.8 Å². The fourth-order valence-corrected chi connectivity index (χ4v) is 1.12. The number of ether oxygens (including phenoxy) is 2. The first-order valence-electron chi connectivity index (χ1n) is 9.72. The van der Waals surface area contributed by atoms with Crippen molar-refractivity contribution in [2.24, 2.45) is 0 Å². The molecule has 0 aliphatic heterocycles. The van der Waals surface area contributed by atoms with Gasteiger partial charge in [-0.1, -0.05) is 25.9 Å². The molecular weight excluding hydrogens is 242 g/mol. The lowest BCUT2D eigenvalue weighted by molar-refractivity contribution is 0.104. The van der Waals surface area contributed by atoms with Gasteiger partial charge < -0.3 is 19.9 Å². The Bertz CT molecular complexity index is 588. The molecule has 0 amide bonds. The zero-order valence-electron chi connectivity index (χ0n) is 18.4. The van der Waals surface area contributed by atoms with Gasteiger partial charge in [-0.15, -0.1) is 0 Å². The van der Waals surface area contributed by atoms with Gasteiger partial charge in [0.2, 0.25) is 0 Å². The first-order chi connectivity index (χ1) is 12.0. The van der Waals surface area contributed by atoms with Crippen LogP contribution in [0.1, 0.15) is 29.0 Å². The van der Waals surface area contributed by atoms with Crippen LogP contribution in [0.2, 0.25) is 0 Å². The minimum absolute atomic E-state index is 0.0304. The SMILES string of the molecule is [2H]c1c([2H])c(C([2H])C([2H])OC)c([2H])c([2H])c1OCC(O)C([2H])NC(C)C. The van der Waals surface area contributed by atoms with E-state index in [2.05, 4.69) is 5.32 Å². The van der Waals surface area contributed by atoms with Crippen LogP contribution in [0.3, 0.4) is 0 Å². The van der Waals surface area contributed by atoms with E-state index in [9.17, 15) is 5.11 Å². The zero-order valence-corrected chi connectivity index (χ0v) is 11.4. The molecule has 0 aromatic heterocycles. The van der Waals surface area contributed by atoms with E-state index < -0.39 is 56.4 Å². The van der Waals surface area contributed by atoms with Crippen molar-refractivity contribution in [1.82, 2.24) is 5.32 Å². The maximum absolute atomic E-state index is 9.93. The molecule has 2 N–H and O–H groups in total. The standard InChI is InChI=1S/C15H25NO3/c1-12(2)16-10-14(17)11-19-15-6-4-13(5-7-15)8-9-18-3/h4-7,12,14,16-17H,8-11H2,1-3H3/i4D,5D,6D,7D,8D,9D,10D. The second-order valence-electron chi connectivity index (χ2n) is 4.15. The molecule has 0 aliphatic rings. The number of benzene rings is 1. The van der Waals surface area contributed by atoms with Gasteiger partial charge in [0.25, 0.3) is 0 Å². The highest BCUT2D eigenvalue weighted by Crippen LogP contribution is 2.12. The minimum atomic E-state index is -1.42. The smallest absolute Gasteiger partial charge is 0.119 e. The number of nitrogens with one attached hydrogen (secondary N) is 1. The van der Waals surface area contributed by atoms with Crippen LogP contribution in [0.5, 0.6) is 5.75 Å². The van der Waals surface area contributed by atoms with Gasteiger partial charge in [-0.2, -0.15) is 0 Å². The van der Waals surface area contributed by atoms with Crippen LogP contribution in [0, 0.1) is 0 Å². The van der Waals surface area contributed by atoms with Gasteiger partial charge in [0.05, 0.1) is 13.4 Å². The van der Waals surface area contributed by atoms with Crippen LogP contribution in [-0.4, -0.2) is 44.1 Å². The van der Waals surface area contributed by atoms with Crippen LogP contribution < -0.4 is 10.1 Å². The third kappa shape index (κ3) is 7.15. The second kappa shape index (κ2) is 8.91. The molecule has 0 saturated carbocycles. The summed E-state index contributed by atoms with van der Waals surface area (Å²) in [5.41, 5.74) is -0.255. The summed E-state index contributed by atoms with van der Waals surface area (Å²) in [5, 5.41) is 12.7. The van der Waals surface area contributed by atoms with Gasteiger partial charge in [-0.05, 0) is 24.0 Å². The Hall–Kier alpha value is -1.10. The van der Waals surface area contributed by atoms with E-state index in [0.717, 1.165) is 0 Å². The summed E-state index contributed by atoms with van der Waals surface area (Å²) in [6, 6.07) is -2.03. The molecule has 1 aromatic rings. The third-order valence-corrected chi connectivity index (χ3v) is 2.01. The highest BCUT2D eigenvalue weighted by Gasteiger charge is 2.05. The average molecular weight is 274 g/mol. The van der Waals surface area contributed by atoms with E-state index in [4.69, 9.17) is 19.1 Å². The maximum Gasteiger partial charge on any atom is 0.119 e. The molecular formula is C15H25NO3. The highest BCUT2D eigenvalue weighted by molar-refractivity contribution is 5.27. The Morgan fingerprint density at radius 1 is 1.37 bits per heavy atom. The molecule has 4 heteroatoms. The molecule has 19 heavy (non-hydrogen) atoms. The summed E-state index contributed by atoms with van der Waals surface area (Å²) in [5.74, 6) is -0.370. The van der Waals surface area contributed by atoms with Crippen LogP contribution in [0.25, 0.3) is 0 Å². The fourth-order valence-electron chi connectivity index (χ4n) is 1.12. The average Bonchev–Trinajstić information content (AvgIpc) is 2.58. The summed E-state index contributed by atoms with van der Waals surface area (Å²) in [6.07, 6.45) is -2.66. The molecule has 1 aromatic carbocycles. The lowest BCUT2D eigenvalue weighted by atomic mass is 10.1. The molecule has 4 nitrogen and oxygen atoms in total. The number of aliphatic hydroxyl groups is 1. The van der Waals surface area contributed by atoms with Crippen LogP contribution in [-0.2, 0) is 11.1 Å². The first kappa shape index (κ1) is 8.25. The van der Waals surface area contributed by atoms with Crippen molar-refractivity contribution in [3.63, 3.8) is 0 Å². The van der Waals surface area contributed by atoms with Crippen molar-refractivity contribution in [1.29, 1.82) is 0 Å². The van der Waals surface area contributed by atoms with Gasteiger partial charge in [0, 0.05) is 22.4 Å².